The van der Waals surface area contributed by atoms with E-state index in [0.29, 0.717) is 32.0 Å². The van der Waals surface area contributed by atoms with E-state index in [2.05, 4.69) is 6.92 Å². The Balaban J connectivity index is 1.45. The summed E-state index contributed by atoms with van der Waals surface area (Å²) in [7, 11) is 0. The molecule has 5 nitrogen and oxygen atoms in total. The molecule has 0 aromatic heterocycles. The Labute approximate surface area is 132 Å². The SMILES string of the molecule is CC1CCC(OC2CCN(C(=O)C3(C(=O)O)CC3)CC2)CC1. The molecule has 0 aromatic carbocycles. The molecule has 1 aliphatic heterocycles. The van der Waals surface area contributed by atoms with Crippen LogP contribution in [0.2, 0.25) is 0 Å². The quantitative estimate of drug-likeness (QED) is 0.810. The molecule has 124 valence electrons. The van der Waals surface area contributed by atoms with Crippen molar-refractivity contribution in [3.8, 4) is 0 Å². The van der Waals surface area contributed by atoms with Crippen molar-refractivity contribution < 1.29 is 19.4 Å². The largest absolute Gasteiger partial charge is 0.480 e. The summed E-state index contributed by atoms with van der Waals surface area (Å²) in [5.41, 5.74) is -1.09. The molecule has 1 heterocycles. The zero-order valence-corrected chi connectivity index (χ0v) is 13.4. The van der Waals surface area contributed by atoms with Gasteiger partial charge >= 0.3 is 5.97 Å². The number of carboxylic acids is 1. The van der Waals surface area contributed by atoms with Gasteiger partial charge in [0.1, 0.15) is 5.41 Å². The summed E-state index contributed by atoms with van der Waals surface area (Å²) in [6.07, 6.45) is 8.12. The third-order valence-electron chi connectivity index (χ3n) is 5.65. The first-order chi connectivity index (χ1) is 10.5. The lowest BCUT2D eigenvalue weighted by atomic mass is 9.88. The van der Waals surface area contributed by atoms with E-state index in [-0.39, 0.29) is 12.0 Å². The Kier molecular flexibility index (Phi) is 4.44. The Hall–Kier alpha value is -1.10. The topological polar surface area (TPSA) is 66.8 Å². The average molecular weight is 309 g/mol. The summed E-state index contributed by atoms with van der Waals surface area (Å²) in [6, 6.07) is 0. The fourth-order valence-electron chi connectivity index (χ4n) is 3.78. The zero-order chi connectivity index (χ0) is 15.7. The number of carbonyl (C=O) groups excluding carboxylic acids is 1. The lowest BCUT2D eigenvalue weighted by molar-refractivity contribution is -0.155. The predicted octanol–water partition coefficient (Wildman–Crippen LogP) is 2.44. The molecule has 0 radical (unpaired) electrons. The first-order valence-corrected chi connectivity index (χ1v) is 8.69. The molecular weight excluding hydrogens is 282 g/mol. The van der Waals surface area contributed by atoms with Crippen molar-refractivity contribution >= 4 is 11.9 Å². The van der Waals surface area contributed by atoms with Gasteiger partial charge < -0.3 is 14.7 Å². The lowest BCUT2D eigenvalue weighted by Crippen LogP contribution is -2.47. The number of amides is 1. The molecular formula is C17H27NO4. The maximum atomic E-state index is 12.4. The average Bonchev–Trinajstić information content (AvgIpc) is 3.31. The molecule has 22 heavy (non-hydrogen) atoms. The monoisotopic (exact) mass is 309 g/mol. The maximum absolute atomic E-state index is 12.4. The summed E-state index contributed by atoms with van der Waals surface area (Å²) in [5, 5.41) is 9.22. The Morgan fingerprint density at radius 2 is 1.55 bits per heavy atom. The van der Waals surface area contributed by atoms with E-state index in [0.717, 1.165) is 31.6 Å². The first-order valence-electron chi connectivity index (χ1n) is 8.69. The van der Waals surface area contributed by atoms with Gasteiger partial charge in [-0.05, 0) is 57.3 Å². The zero-order valence-electron chi connectivity index (χ0n) is 13.4. The fourth-order valence-corrected chi connectivity index (χ4v) is 3.78. The fraction of sp³-hybridized carbons (Fsp3) is 0.882. The molecule has 0 unspecified atom stereocenters. The molecule has 3 rings (SSSR count). The third-order valence-corrected chi connectivity index (χ3v) is 5.65. The number of ether oxygens (including phenoxy) is 1. The van der Waals surface area contributed by atoms with Crippen molar-refractivity contribution in [1.82, 2.24) is 4.90 Å². The van der Waals surface area contributed by atoms with Crippen LogP contribution in [0.15, 0.2) is 0 Å². The van der Waals surface area contributed by atoms with E-state index in [1.54, 1.807) is 4.90 Å². The van der Waals surface area contributed by atoms with Crippen molar-refractivity contribution in [3.63, 3.8) is 0 Å². The van der Waals surface area contributed by atoms with Crippen LogP contribution in [0.25, 0.3) is 0 Å². The van der Waals surface area contributed by atoms with Crippen LogP contribution < -0.4 is 0 Å². The first kappa shape index (κ1) is 15.8. The van der Waals surface area contributed by atoms with Crippen LogP contribution in [0, 0.1) is 11.3 Å². The predicted molar refractivity (Wildman–Crippen MR) is 81.4 cm³/mol. The van der Waals surface area contributed by atoms with E-state index in [9.17, 15) is 14.7 Å². The standard InChI is InChI=1S/C17H27NO4/c1-12-2-4-13(5-3-12)22-14-6-10-18(11-7-14)15(19)17(8-9-17)16(20)21/h12-14H,2-11H2,1H3,(H,20,21). The molecule has 1 N–H and O–H groups in total. The third kappa shape index (κ3) is 3.14. The molecule has 0 spiro atoms. The van der Waals surface area contributed by atoms with Crippen molar-refractivity contribution in [3.05, 3.63) is 0 Å². The highest BCUT2D eigenvalue weighted by atomic mass is 16.5. The second kappa shape index (κ2) is 6.19. The second-order valence-electron chi connectivity index (χ2n) is 7.40. The number of likely N-dealkylation sites (tertiary alicyclic amines) is 1. The molecule has 0 bridgehead atoms. The highest BCUT2D eigenvalue weighted by Gasteiger charge is 2.58. The normalized spacial score (nSPS) is 31.8. The molecule has 1 amide bonds. The molecule has 0 atom stereocenters. The van der Waals surface area contributed by atoms with Crippen LogP contribution in [0.3, 0.4) is 0 Å². The summed E-state index contributed by atoms with van der Waals surface area (Å²) < 4.78 is 6.20. The summed E-state index contributed by atoms with van der Waals surface area (Å²) in [5.74, 6) is -0.304. The molecule has 3 fully saturated rings. The number of nitrogens with zero attached hydrogens (tertiary/aromatic N) is 1. The maximum Gasteiger partial charge on any atom is 0.319 e. The minimum absolute atomic E-state index is 0.176. The van der Waals surface area contributed by atoms with Gasteiger partial charge in [0, 0.05) is 13.1 Å². The number of carboxylic acid groups (broad SMARTS) is 1. The van der Waals surface area contributed by atoms with Crippen LogP contribution in [-0.4, -0.2) is 47.2 Å². The van der Waals surface area contributed by atoms with Gasteiger partial charge in [0.2, 0.25) is 5.91 Å². The molecule has 5 heteroatoms. The van der Waals surface area contributed by atoms with Gasteiger partial charge in [0.25, 0.3) is 0 Å². The number of hydrogen-bond donors (Lipinski definition) is 1. The van der Waals surface area contributed by atoms with Crippen molar-refractivity contribution in [1.29, 1.82) is 0 Å². The molecule has 2 aliphatic carbocycles. The van der Waals surface area contributed by atoms with Crippen molar-refractivity contribution in [2.24, 2.45) is 11.3 Å². The number of piperidine rings is 1. The second-order valence-corrected chi connectivity index (χ2v) is 7.40. The summed E-state index contributed by atoms with van der Waals surface area (Å²) in [4.78, 5) is 25.3. The number of rotatable bonds is 4. The Morgan fingerprint density at radius 3 is 2.05 bits per heavy atom. The van der Waals surface area contributed by atoms with Gasteiger partial charge in [-0.15, -0.1) is 0 Å². The van der Waals surface area contributed by atoms with E-state index in [1.807, 2.05) is 0 Å². The summed E-state index contributed by atoms with van der Waals surface area (Å²) >= 11 is 0. The van der Waals surface area contributed by atoms with E-state index in [4.69, 9.17) is 4.74 Å². The van der Waals surface area contributed by atoms with E-state index in [1.165, 1.54) is 12.8 Å². The van der Waals surface area contributed by atoms with Gasteiger partial charge in [0.15, 0.2) is 0 Å². The van der Waals surface area contributed by atoms with Crippen LogP contribution in [-0.2, 0) is 14.3 Å². The van der Waals surface area contributed by atoms with Crippen molar-refractivity contribution in [2.45, 2.75) is 70.5 Å². The number of aliphatic carboxylic acids is 1. The van der Waals surface area contributed by atoms with Crippen LogP contribution >= 0.6 is 0 Å². The minimum Gasteiger partial charge on any atom is -0.480 e. The molecule has 3 aliphatic rings. The number of carbonyl (C=O) groups is 2. The minimum atomic E-state index is -1.09. The van der Waals surface area contributed by atoms with Gasteiger partial charge in [-0.1, -0.05) is 6.92 Å². The highest BCUT2D eigenvalue weighted by Crippen LogP contribution is 2.47. The van der Waals surface area contributed by atoms with Gasteiger partial charge in [-0.25, -0.2) is 0 Å². The Morgan fingerprint density at radius 1 is 1.00 bits per heavy atom. The van der Waals surface area contributed by atoms with Gasteiger partial charge in [-0.3, -0.25) is 9.59 Å². The highest BCUT2D eigenvalue weighted by molar-refractivity contribution is 6.04. The number of hydrogen-bond acceptors (Lipinski definition) is 3. The molecule has 2 saturated carbocycles. The van der Waals surface area contributed by atoms with Crippen LogP contribution in [0.4, 0.5) is 0 Å². The van der Waals surface area contributed by atoms with E-state index < -0.39 is 11.4 Å². The van der Waals surface area contributed by atoms with Crippen molar-refractivity contribution in [2.75, 3.05) is 13.1 Å². The Bertz CT molecular complexity index is 430. The van der Waals surface area contributed by atoms with Crippen LogP contribution in [0.1, 0.15) is 58.3 Å². The van der Waals surface area contributed by atoms with Gasteiger partial charge in [-0.2, -0.15) is 0 Å². The smallest absolute Gasteiger partial charge is 0.319 e. The molecule has 0 aromatic rings. The summed E-state index contributed by atoms with van der Waals surface area (Å²) in [6.45, 7) is 3.58. The van der Waals surface area contributed by atoms with Gasteiger partial charge in [0.05, 0.1) is 12.2 Å². The van der Waals surface area contributed by atoms with E-state index >= 15 is 0 Å². The molecule has 1 saturated heterocycles. The van der Waals surface area contributed by atoms with Crippen LogP contribution in [0.5, 0.6) is 0 Å². The lowest BCUT2D eigenvalue weighted by Gasteiger charge is -2.36.